The molecule has 0 saturated heterocycles. The number of benzene rings is 2. The van der Waals surface area contributed by atoms with Crippen molar-refractivity contribution in [2.24, 2.45) is 5.73 Å². The average molecular weight is 321 g/mol. The van der Waals surface area contributed by atoms with E-state index in [9.17, 15) is 0 Å². The summed E-state index contributed by atoms with van der Waals surface area (Å²) < 4.78 is 5.68. The summed E-state index contributed by atoms with van der Waals surface area (Å²) in [4.78, 5) is 0.280. The molecule has 2 rings (SSSR count). The van der Waals surface area contributed by atoms with E-state index < -0.39 is 0 Å². The Balaban J connectivity index is 1.92. The van der Waals surface area contributed by atoms with Gasteiger partial charge in [0.1, 0.15) is 17.3 Å². The minimum atomic E-state index is 0.280. The molecule has 0 heterocycles. The largest absolute Gasteiger partial charge is 0.492 e. The molecule has 0 fully saturated rings. The zero-order chi connectivity index (χ0) is 15.2. The monoisotopic (exact) mass is 320 g/mol. The molecule has 0 atom stereocenters. The third-order valence-electron chi connectivity index (χ3n) is 2.94. The molecule has 0 aromatic heterocycles. The summed E-state index contributed by atoms with van der Waals surface area (Å²) in [5.41, 5.74) is 8.37. The fourth-order valence-electron chi connectivity index (χ4n) is 1.98. The van der Waals surface area contributed by atoms with Gasteiger partial charge in [0.15, 0.2) is 0 Å². The first-order valence-electron chi connectivity index (χ1n) is 6.59. The highest BCUT2D eigenvalue weighted by Crippen LogP contribution is 2.24. The van der Waals surface area contributed by atoms with Crippen molar-refractivity contribution < 1.29 is 4.74 Å². The summed E-state index contributed by atoms with van der Waals surface area (Å²) in [5.74, 6) is 0.859. The Bertz CT molecular complexity index is 646. The maximum absolute atomic E-state index is 6.11. The van der Waals surface area contributed by atoms with E-state index in [0.29, 0.717) is 23.7 Å². The highest BCUT2D eigenvalue weighted by molar-refractivity contribution is 7.80. The molecule has 0 aliphatic heterocycles. The van der Waals surface area contributed by atoms with Gasteiger partial charge in [-0.25, -0.2) is 0 Å². The van der Waals surface area contributed by atoms with Crippen LogP contribution in [0, 0.1) is 6.92 Å². The summed E-state index contributed by atoms with van der Waals surface area (Å²) in [6, 6.07) is 13.5. The highest BCUT2D eigenvalue weighted by atomic mass is 35.5. The topological polar surface area (TPSA) is 47.3 Å². The normalized spacial score (nSPS) is 10.2. The number of rotatable bonds is 6. The van der Waals surface area contributed by atoms with Crippen LogP contribution in [0.1, 0.15) is 11.1 Å². The smallest absolute Gasteiger partial charge is 0.119 e. The van der Waals surface area contributed by atoms with Crippen LogP contribution in [-0.2, 0) is 0 Å². The number of anilines is 1. The predicted octanol–water partition coefficient (Wildman–Crippen LogP) is 3.77. The van der Waals surface area contributed by atoms with Gasteiger partial charge in [-0.1, -0.05) is 42.0 Å². The molecule has 110 valence electrons. The molecule has 0 aliphatic rings. The first-order chi connectivity index (χ1) is 10.1. The van der Waals surface area contributed by atoms with Crippen LogP contribution in [-0.4, -0.2) is 18.1 Å². The van der Waals surface area contributed by atoms with E-state index in [0.717, 1.165) is 11.4 Å². The van der Waals surface area contributed by atoms with Crippen LogP contribution >= 0.6 is 23.8 Å². The van der Waals surface area contributed by atoms with Gasteiger partial charge < -0.3 is 15.8 Å². The molecule has 3 N–H and O–H groups in total. The van der Waals surface area contributed by atoms with Gasteiger partial charge in [-0.05, 0) is 36.8 Å². The molecule has 0 saturated carbocycles. The van der Waals surface area contributed by atoms with Crippen LogP contribution in [0.4, 0.5) is 5.69 Å². The van der Waals surface area contributed by atoms with Crippen LogP contribution < -0.4 is 15.8 Å². The number of nitrogens with one attached hydrogen (secondary N) is 1. The van der Waals surface area contributed by atoms with Gasteiger partial charge in [-0.3, -0.25) is 0 Å². The van der Waals surface area contributed by atoms with Gasteiger partial charge in [0, 0.05) is 12.2 Å². The van der Waals surface area contributed by atoms with Crippen LogP contribution in [0.25, 0.3) is 0 Å². The van der Waals surface area contributed by atoms with Crippen molar-refractivity contribution in [2.45, 2.75) is 6.92 Å². The van der Waals surface area contributed by atoms with Crippen molar-refractivity contribution in [2.75, 3.05) is 18.5 Å². The van der Waals surface area contributed by atoms with Gasteiger partial charge in [0.25, 0.3) is 0 Å². The van der Waals surface area contributed by atoms with Crippen LogP contribution in [0.5, 0.6) is 5.75 Å². The molecule has 2 aromatic carbocycles. The molecule has 0 bridgehead atoms. The Morgan fingerprint density at radius 2 is 2.05 bits per heavy atom. The first-order valence-corrected chi connectivity index (χ1v) is 7.38. The van der Waals surface area contributed by atoms with Crippen molar-refractivity contribution in [1.82, 2.24) is 0 Å². The lowest BCUT2D eigenvalue weighted by molar-refractivity contribution is 0.332. The summed E-state index contributed by atoms with van der Waals surface area (Å²) in [7, 11) is 0. The lowest BCUT2D eigenvalue weighted by atomic mass is 10.1. The molecule has 3 nitrogen and oxygen atoms in total. The number of thiocarbonyl (C=S) groups is 1. The summed E-state index contributed by atoms with van der Waals surface area (Å²) >= 11 is 11.1. The fraction of sp³-hybridized carbons (Fsp3) is 0.188. The Kier molecular flexibility index (Phi) is 5.42. The predicted molar refractivity (Wildman–Crippen MR) is 92.5 cm³/mol. The zero-order valence-corrected chi connectivity index (χ0v) is 13.3. The van der Waals surface area contributed by atoms with Crippen molar-refractivity contribution in [3.8, 4) is 5.75 Å². The summed E-state index contributed by atoms with van der Waals surface area (Å²) in [6.07, 6.45) is 0. The average Bonchev–Trinajstić information content (AvgIpc) is 2.43. The van der Waals surface area contributed by atoms with Crippen molar-refractivity contribution in [3.05, 3.63) is 58.6 Å². The van der Waals surface area contributed by atoms with Crippen molar-refractivity contribution in [1.29, 1.82) is 0 Å². The van der Waals surface area contributed by atoms with E-state index in [1.807, 2.05) is 43.3 Å². The van der Waals surface area contributed by atoms with E-state index in [-0.39, 0.29) is 4.99 Å². The number of hydrogen-bond acceptors (Lipinski definition) is 3. The van der Waals surface area contributed by atoms with Crippen LogP contribution in [0.3, 0.4) is 0 Å². The van der Waals surface area contributed by atoms with Gasteiger partial charge >= 0.3 is 0 Å². The SMILES string of the molecule is Cc1cccc(OCCNc2cccc(Cl)c2C(N)=S)c1. The van der Waals surface area contributed by atoms with Crippen LogP contribution in [0.2, 0.25) is 5.02 Å². The number of halogens is 1. The molecule has 0 amide bonds. The molecule has 0 radical (unpaired) electrons. The summed E-state index contributed by atoms with van der Waals surface area (Å²) in [6.45, 7) is 3.20. The zero-order valence-electron chi connectivity index (χ0n) is 11.7. The molecule has 5 heteroatoms. The second kappa shape index (κ2) is 7.29. The second-order valence-corrected chi connectivity index (χ2v) is 5.47. The lowest BCUT2D eigenvalue weighted by Crippen LogP contribution is -2.17. The third-order valence-corrected chi connectivity index (χ3v) is 3.45. The van der Waals surface area contributed by atoms with Gasteiger partial charge in [0.2, 0.25) is 0 Å². The molecular formula is C16H17ClN2OS. The fourth-order valence-corrected chi connectivity index (χ4v) is 2.53. The minimum absolute atomic E-state index is 0.280. The quantitative estimate of drug-likeness (QED) is 0.628. The third kappa shape index (κ3) is 4.34. The summed E-state index contributed by atoms with van der Waals surface area (Å²) in [5, 5.41) is 3.79. The maximum Gasteiger partial charge on any atom is 0.119 e. The standard InChI is InChI=1S/C16H17ClN2OS/c1-11-4-2-5-12(10-11)20-9-8-19-14-7-3-6-13(17)15(14)16(18)21/h2-7,10,19H,8-9H2,1H3,(H2,18,21). The Morgan fingerprint density at radius 3 is 2.76 bits per heavy atom. The van der Waals surface area contributed by atoms with E-state index in [1.165, 1.54) is 5.56 Å². The molecule has 0 aliphatic carbocycles. The van der Waals surface area contributed by atoms with Crippen molar-refractivity contribution in [3.63, 3.8) is 0 Å². The van der Waals surface area contributed by atoms with Crippen LogP contribution in [0.15, 0.2) is 42.5 Å². The Labute approximate surface area is 135 Å². The van der Waals surface area contributed by atoms with Gasteiger partial charge in [-0.15, -0.1) is 0 Å². The second-order valence-electron chi connectivity index (χ2n) is 4.62. The molecule has 2 aromatic rings. The first kappa shape index (κ1) is 15.6. The number of ether oxygens (including phenoxy) is 1. The lowest BCUT2D eigenvalue weighted by Gasteiger charge is -2.13. The molecule has 0 spiro atoms. The maximum atomic E-state index is 6.11. The molecule has 21 heavy (non-hydrogen) atoms. The van der Waals surface area contributed by atoms with E-state index in [2.05, 4.69) is 5.32 Å². The van der Waals surface area contributed by atoms with Gasteiger partial charge in [-0.2, -0.15) is 0 Å². The molecule has 0 unspecified atom stereocenters. The highest BCUT2D eigenvalue weighted by Gasteiger charge is 2.09. The minimum Gasteiger partial charge on any atom is -0.492 e. The van der Waals surface area contributed by atoms with E-state index >= 15 is 0 Å². The van der Waals surface area contributed by atoms with E-state index in [4.69, 9.17) is 34.3 Å². The number of aryl methyl sites for hydroxylation is 1. The Morgan fingerprint density at radius 1 is 1.29 bits per heavy atom. The van der Waals surface area contributed by atoms with E-state index in [1.54, 1.807) is 6.07 Å². The molecular weight excluding hydrogens is 304 g/mol. The van der Waals surface area contributed by atoms with Crippen molar-refractivity contribution >= 4 is 34.5 Å². The number of nitrogens with two attached hydrogens (primary N) is 1. The Hall–Kier alpha value is -1.78. The number of hydrogen-bond donors (Lipinski definition) is 2. The van der Waals surface area contributed by atoms with Gasteiger partial charge in [0.05, 0.1) is 10.6 Å².